The molecule has 1 N–H and O–H groups in total. The van der Waals surface area contributed by atoms with E-state index in [1.165, 1.54) is 16.4 Å². The molecule has 6 rings (SSSR count). The van der Waals surface area contributed by atoms with Crippen molar-refractivity contribution in [1.29, 1.82) is 0 Å². The lowest BCUT2D eigenvalue weighted by atomic mass is 9.86. The predicted octanol–water partition coefficient (Wildman–Crippen LogP) is 13.4. The van der Waals surface area contributed by atoms with Crippen molar-refractivity contribution >= 4 is 27.1 Å². The van der Waals surface area contributed by atoms with Crippen molar-refractivity contribution in [2.24, 2.45) is 0 Å². The van der Waals surface area contributed by atoms with Gasteiger partial charge in [-0.05, 0) is 115 Å². The van der Waals surface area contributed by atoms with Gasteiger partial charge >= 0.3 is 8.38 Å². The molecule has 6 aromatic rings. The van der Waals surface area contributed by atoms with E-state index in [-0.39, 0.29) is 10.8 Å². The van der Waals surface area contributed by atoms with E-state index in [2.05, 4.69) is 149 Å². The second kappa shape index (κ2) is 17.9. The summed E-state index contributed by atoms with van der Waals surface area (Å²) < 4.78 is 20.7. The number of phenolic OH excluding ortho intramolecular Hbond substituents is 1. The van der Waals surface area contributed by atoms with Gasteiger partial charge in [0.1, 0.15) is 31.1 Å². The van der Waals surface area contributed by atoms with E-state index < -0.39 is 16.5 Å². The predicted molar refractivity (Wildman–Crippen MR) is 237 cm³/mol. The third-order valence-corrected chi connectivity index (χ3v) is 12.1. The van der Waals surface area contributed by atoms with E-state index >= 15 is 0 Å². The van der Waals surface area contributed by atoms with Gasteiger partial charge in [-0.3, -0.25) is 0 Å². The summed E-state index contributed by atoms with van der Waals surface area (Å²) >= 11 is 0. The average molecular weight is 771 g/mol. The summed E-state index contributed by atoms with van der Waals surface area (Å²) in [5.41, 5.74) is 8.65. The maximum Gasteiger partial charge on any atom is 0.326 e. The smallest absolute Gasteiger partial charge is 0.326 e. The van der Waals surface area contributed by atoms with Crippen LogP contribution in [0.15, 0.2) is 133 Å². The molecule has 4 nitrogen and oxygen atoms in total. The Labute approximate surface area is 332 Å². The minimum Gasteiger partial charge on any atom is -0.508 e. The van der Waals surface area contributed by atoms with Crippen molar-refractivity contribution in [2.75, 3.05) is 6.66 Å². The molecule has 6 heteroatoms. The van der Waals surface area contributed by atoms with Gasteiger partial charge in [-0.25, -0.2) is 0 Å². The summed E-state index contributed by atoms with van der Waals surface area (Å²) in [4.78, 5) is 0. The van der Waals surface area contributed by atoms with Crippen LogP contribution in [-0.4, -0.2) is 11.8 Å². The number of hydrogen-bond donors (Lipinski definition) is 1. The Bertz CT molecular complexity index is 2180. The number of benzene rings is 6. The molecular formula is C49H56O4P2. The molecule has 0 aromatic heterocycles. The number of hydrogen-bond acceptors (Lipinski definition) is 4. The van der Waals surface area contributed by atoms with Gasteiger partial charge in [-0.15, -0.1) is 0 Å². The highest BCUT2D eigenvalue weighted by Gasteiger charge is 2.27. The van der Waals surface area contributed by atoms with Gasteiger partial charge in [0.25, 0.3) is 0 Å². The standard InChI is InChI=1S/C39H42O3P2.C10H14O/c1-27-23-29(3)37(41-43(8)31-17-11-9-12-18-31)33(25-27)34-26-28(2)24-30(4)38(34)42-44(32-19-13-10-14-20-32)40-36-22-16-15-21-35(36)39(5,6)7;1-10(2,3)8-6-4-5-7-9(8)11/h9-26H,1-8H3;4-7,11H,1-3H3. The molecule has 0 aliphatic heterocycles. The van der Waals surface area contributed by atoms with E-state index in [9.17, 15) is 5.11 Å². The molecule has 286 valence electrons. The van der Waals surface area contributed by atoms with Crippen LogP contribution in [0, 0.1) is 27.7 Å². The van der Waals surface area contributed by atoms with Gasteiger partial charge < -0.3 is 18.7 Å². The summed E-state index contributed by atoms with van der Waals surface area (Å²) in [7, 11) is -2.39. The molecule has 0 radical (unpaired) electrons. The zero-order valence-corrected chi connectivity index (χ0v) is 36.1. The zero-order chi connectivity index (χ0) is 39.9. The fraction of sp³-hybridized carbons (Fsp3) is 0.265. The molecule has 55 heavy (non-hydrogen) atoms. The Morgan fingerprint density at radius 2 is 0.909 bits per heavy atom. The average Bonchev–Trinajstić information content (AvgIpc) is 3.13. The van der Waals surface area contributed by atoms with Crippen LogP contribution in [0.1, 0.15) is 74.9 Å². The maximum absolute atomic E-state index is 9.45. The van der Waals surface area contributed by atoms with Crippen molar-refractivity contribution in [1.82, 2.24) is 0 Å². The quantitative estimate of drug-likeness (QED) is 0.149. The fourth-order valence-electron chi connectivity index (χ4n) is 6.50. The van der Waals surface area contributed by atoms with Gasteiger partial charge in [0, 0.05) is 16.4 Å². The largest absolute Gasteiger partial charge is 0.508 e. The zero-order valence-electron chi connectivity index (χ0n) is 34.3. The first-order chi connectivity index (χ1) is 26.0. The lowest BCUT2D eigenvalue weighted by Gasteiger charge is -2.27. The van der Waals surface area contributed by atoms with Crippen LogP contribution in [0.4, 0.5) is 0 Å². The number of para-hydroxylation sites is 2. The third kappa shape index (κ3) is 10.8. The van der Waals surface area contributed by atoms with Gasteiger partial charge in [0.05, 0.1) is 5.30 Å². The second-order valence-electron chi connectivity index (χ2n) is 16.1. The summed E-state index contributed by atoms with van der Waals surface area (Å²) in [5.74, 6) is 2.94. The number of phenols is 1. The number of aryl methyl sites for hydroxylation is 4. The van der Waals surface area contributed by atoms with Gasteiger partial charge in [0.15, 0.2) is 0 Å². The van der Waals surface area contributed by atoms with E-state index in [0.29, 0.717) is 5.75 Å². The Kier molecular flexibility index (Phi) is 13.5. The van der Waals surface area contributed by atoms with Crippen molar-refractivity contribution in [3.63, 3.8) is 0 Å². The molecule has 6 aromatic carbocycles. The van der Waals surface area contributed by atoms with Crippen LogP contribution in [0.3, 0.4) is 0 Å². The van der Waals surface area contributed by atoms with Crippen LogP contribution >= 0.6 is 16.5 Å². The van der Waals surface area contributed by atoms with Gasteiger partial charge in [-0.2, -0.15) is 0 Å². The first-order valence-corrected chi connectivity index (χ1v) is 21.7. The minimum absolute atomic E-state index is 0.0331. The molecule has 0 heterocycles. The topological polar surface area (TPSA) is 47.9 Å². The lowest BCUT2D eigenvalue weighted by molar-refractivity contribution is 0.447. The molecule has 0 aliphatic rings. The van der Waals surface area contributed by atoms with E-state index in [1.807, 2.05) is 54.6 Å². The van der Waals surface area contributed by atoms with Crippen molar-refractivity contribution in [3.05, 3.63) is 167 Å². The third-order valence-electron chi connectivity index (χ3n) is 9.21. The van der Waals surface area contributed by atoms with Crippen molar-refractivity contribution < 1.29 is 18.7 Å². The number of aromatic hydroxyl groups is 1. The molecule has 2 unspecified atom stereocenters. The second-order valence-corrected chi connectivity index (χ2v) is 19.2. The van der Waals surface area contributed by atoms with Crippen LogP contribution < -0.4 is 24.2 Å². The van der Waals surface area contributed by atoms with Gasteiger partial charge in [-0.1, -0.05) is 139 Å². The molecular weight excluding hydrogens is 714 g/mol. The molecule has 0 aliphatic carbocycles. The first-order valence-electron chi connectivity index (χ1n) is 18.8. The molecule has 0 amide bonds. The maximum atomic E-state index is 9.45. The molecule has 0 saturated carbocycles. The van der Waals surface area contributed by atoms with Gasteiger partial charge in [0.2, 0.25) is 0 Å². The highest BCUT2D eigenvalue weighted by Crippen LogP contribution is 2.50. The minimum atomic E-state index is -1.52. The van der Waals surface area contributed by atoms with Crippen LogP contribution in [0.5, 0.6) is 23.0 Å². The van der Waals surface area contributed by atoms with E-state index in [4.69, 9.17) is 13.6 Å². The van der Waals surface area contributed by atoms with Crippen LogP contribution in [0.2, 0.25) is 0 Å². The van der Waals surface area contributed by atoms with Crippen LogP contribution in [0.25, 0.3) is 11.1 Å². The van der Waals surface area contributed by atoms with E-state index in [0.717, 1.165) is 55.9 Å². The Morgan fingerprint density at radius 3 is 1.40 bits per heavy atom. The van der Waals surface area contributed by atoms with Crippen molar-refractivity contribution in [3.8, 4) is 34.1 Å². The SMILES string of the molecule is CC(C)(C)c1ccccc1O.Cc1cc(C)c(OP(C)c2ccccc2)c(-c2cc(C)cc(C)c2OP(Oc2ccccc2C(C)(C)C)c2ccccc2)c1. The summed E-state index contributed by atoms with van der Waals surface area (Å²) in [6.07, 6.45) is 0. The highest BCUT2D eigenvalue weighted by atomic mass is 31.2. The molecule has 0 spiro atoms. The molecule has 0 fully saturated rings. The molecule has 2 atom stereocenters. The highest BCUT2D eigenvalue weighted by molar-refractivity contribution is 7.60. The summed E-state index contributed by atoms with van der Waals surface area (Å²) in [6.45, 7) is 23.6. The summed E-state index contributed by atoms with van der Waals surface area (Å²) in [6, 6.07) is 45.3. The molecule has 0 bridgehead atoms. The number of rotatable bonds is 9. The normalized spacial score (nSPS) is 12.6. The Hall–Kier alpha value is -4.62. The Balaban J connectivity index is 0.000000454. The Morgan fingerprint density at radius 1 is 0.473 bits per heavy atom. The van der Waals surface area contributed by atoms with E-state index in [1.54, 1.807) is 6.07 Å². The van der Waals surface area contributed by atoms with Crippen LogP contribution in [-0.2, 0) is 10.8 Å². The summed E-state index contributed by atoms with van der Waals surface area (Å²) in [5, 5.41) is 11.7. The van der Waals surface area contributed by atoms with Crippen molar-refractivity contribution in [2.45, 2.75) is 80.1 Å². The fourth-order valence-corrected chi connectivity index (χ4v) is 9.12. The molecule has 0 saturated heterocycles. The first kappa shape index (κ1) is 41.5. The lowest BCUT2D eigenvalue weighted by Crippen LogP contribution is -2.15. The monoisotopic (exact) mass is 770 g/mol.